The fraction of sp³-hybridized carbons (Fsp3) is 0.611. The standard InChI is InChI=1S/C18H25ClN2O/c1-12(18(20)22)3-2-4-15-16-10-21(11-17(15)16)9-13-5-7-14(19)8-6-13/h5-8,12,15-17H,2-4,9-11H2,1H3,(H2,20,22). The van der Waals surface area contributed by atoms with Gasteiger partial charge in [0, 0.05) is 30.6 Å². The molecule has 1 aromatic carbocycles. The lowest BCUT2D eigenvalue weighted by Gasteiger charge is -2.19. The predicted molar refractivity (Wildman–Crippen MR) is 89.4 cm³/mol. The van der Waals surface area contributed by atoms with E-state index in [0.717, 1.165) is 42.2 Å². The maximum atomic E-state index is 11.0. The van der Waals surface area contributed by atoms with Gasteiger partial charge in [-0.25, -0.2) is 0 Å². The number of piperidine rings is 1. The van der Waals surface area contributed by atoms with Gasteiger partial charge in [0.2, 0.25) is 5.91 Å². The van der Waals surface area contributed by atoms with Gasteiger partial charge < -0.3 is 5.73 Å². The molecule has 3 unspecified atom stereocenters. The Kier molecular flexibility index (Phi) is 4.74. The van der Waals surface area contributed by atoms with E-state index in [1.807, 2.05) is 19.1 Å². The summed E-state index contributed by atoms with van der Waals surface area (Å²) in [6.45, 7) is 5.42. The lowest BCUT2D eigenvalue weighted by Crippen LogP contribution is -2.24. The minimum atomic E-state index is -0.162. The zero-order valence-electron chi connectivity index (χ0n) is 13.2. The van der Waals surface area contributed by atoms with Crippen LogP contribution in [0.4, 0.5) is 0 Å². The molecule has 2 aliphatic rings. The molecule has 1 saturated heterocycles. The number of amides is 1. The third kappa shape index (κ3) is 3.64. The van der Waals surface area contributed by atoms with E-state index >= 15 is 0 Å². The van der Waals surface area contributed by atoms with Crippen LogP contribution >= 0.6 is 11.6 Å². The Morgan fingerprint density at radius 1 is 1.32 bits per heavy atom. The smallest absolute Gasteiger partial charge is 0.220 e. The quantitative estimate of drug-likeness (QED) is 0.837. The number of hydrogen-bond acceptors (Lipinski definition) is 2. The molecule has 3 nitrogen and oxygen atoms in total. The van der Waals surface area contributed by atoms with Crippen molar-refractivity contribution in [2.75, 3.05) is 13.1 Å². The number of primary amides is 1. The summed E-state index contributed by atoms with van der Waals surface area (Å²) in [4.78, 5) is 13.6. The van der Waals surface area contributed by atoms with Gasteiger partial charge in [0.25, 0.3) is 0 Å². The Morgan fingerprint density at radius 3 is 2.55 bits per heavy atom. The second-order valence-electron chi connectivity index (χ2n) is 7.05. The zero-order valence-corrected chi connectivity index (χ0v) is 13.9. The molecule has 1 saturated carbocycles. The van der Waals surface area contributed by atoms with Crippen molar-refractivity contribution in [3.05, 3.63) is 34.9 Å². The molecule has 4 heteroatoms. The van der Waals surface area contributed by atoms with Crippen molar-refractivity contribution in [3.63, 3.8) is 0 Å². The molecule has 22 heavy (non-hydrogen) atoms. The highest BCUT2D eigenvalue weighted by Crippen LogP contribution is 2.54. The SMILES string of the molecule is CC(CCCC1C2CN(Cc3ccc(Cl)cc3)CC12)C(N)=O. The Morgan fingerprint density at radius 2 is 1.95 bits per heavy atom. The van der Waals surface area contributed by atoms with E-state index in [1.165, 1.54) is 25.1 Å². The topological polar surface area (TPSA) is 46.3 Å². The Balaban J connectivity index is 1.37. The average molecular weight is 321 g/mol. The third-order valence-corrected chi connectivity index (χ3v) is 5.68. The molecule has 2 fully saturated rings. The monoisotopic (exact) mass is 320 g/mol. The van der Waals surface area contributed by atoms with Crippen LogP contribution in [0.25, 0.3) is 0 Å². The van der Waals surface area contributed by atoms with Crippen LogP contribution < -0.4 is 5.73 Å². The average Bonchev–Trinajstić information content (AvgIpc) is 2.93. The molecule has 0 radical (unpaired) electrons. The van der Waals surface area contributed by atoms with Crippen LogP contribution in [0.15, 0.2) is 24.3 Å². The first-order chi connectivity index (χ1) is 10.5. The number of fused-ring (bicyclic) bond motifs is 1. The fourth-order valence-electron chi connectivity index (χ4n) is 3.94. The number of nitrogens with zero attached hydrogens (tertiary/aromatic N) is 1. The number of carbonyl (C=O) groups excluding carboxylic acids is 1. The van der Waals surface area contributed by atoms with Crippen molar-refractivity contribution in [2.45, 2.75) is 32.7 Å². The fourth-order valence-corrected chi connectivity index (χ4v) is 4.07. The number of benzene rings is 1. The Labute approximate surface area is 137 Å². The van der Waals surface area contributed by atoms with Crippen molar-refractivity contribution < 1.29 is 4.79 Å². The molecule has 3 atom stereocenters. The molecule has 3 rings (SSSR count). The van der Waals surface area contributed by atoms with E-state index in [0.29, 0.717) is 0 Å². The number of carbonyl (C=O) groups is 1. The van der Waals surface area contributed by atoms with Crippen LogP contribution in [0.2, 0.25) is 5.02 Å². The summed E-state index contributed by atoms with van der Waals surface area (Å²) in [6, 6.07) is 8.18. The predicted octanol–water partition coefficient (Wildman–Crippen LogP) is 3.31. The largest absolute Gasteiger partial charge is 0.369 e. The Bertz CT molecular complexity index is 518. The molecule has 0 bridgehead atoms. The number of hydrogen-bond donors (Lipinski definition) is 1. The number of nitrogens with two attached hydrogens (primary N) is 1. The summed E-state index contributed by atoms with van der Waals surface area (Å²) >= 11 is 5.93. The van der Waals surface area contributed by atoms with E-state index in [1.54, 1.807) is 0 Å². The van der Waals surface area contributed by atoms with Gasteiger partial charge in [0.15, 0.2) is 0 Å². The molecule has 1 aliphatic carbocycles. The van der Waals surface area contributed by atoms with E-state index in [-0.39, 0.29) is 11.8 Å². The molecule has 1 heterocycles. The second kappa shape index (κ2) is 6.59. The lowest BCUT2D eigenvalue weighted by atomic mass is 10.0. The van der Waals surface area contributed by atoms with E-state index in [9.17, 15) is 4.79 Å². The van der Waals surface area contributed by atoms with Gasteiger partial charge >= 0.3 is 0 Å². The van der Waals surface area contributed by atoms with E-state index in [2.05, 4.69) is 17.0 Å². The second-order valence-corrected chi connectivity index (χ2v) is 7.48. The Hall–Kier alpha value is -1.06. The summed E-state index contributed by atoms with van der Waals surface area (Å²) in [5.74, 6) is 2.53. The molecular formula is C18H25ClN2O. The van der Waals surface area contributed by atoms with Gasteiger partial charge in [-0.3, -0.25) is 9.69 Å². The van der Waals surface area contributed by atoms with Crippen LogP contribution in [0.1, 0.15) is 31.7 Å². The van der Waals surface area contributed by atoms with Crippen molar-refractivity contribution in [2.24, 2.45) is 29.4 Å². The molecule has 2 N–H and O–H groups in total. The van der Waals surface area contributed by atoms with Crippen LogP contribution in [-0.2, 0) is 11.3 Å². The minimum Gasteiger partial charge on any atom is -0.369 e. The first kappa shape index (κ1) is 15.8. The van der Waals surface area contributed by atoms with Gasteiger partial charge in [-0.05, 0) is 48.3 Å². The van der Waals surface area contributed by atoms with Gasteiger partial charge in [0.05, 0.1) is 0 Å². The number of likely N-dealkylation sites (tertiary alicyclic amines) is 1. The number of halogens is 1. The maximum absolute atomic E-state index is 11.0. The molecule has 0 aromatic heterocycles. The highest BCUT2D eigenvalue weighted by atomic mass is 35.5. The highest BCUT2D eigenvalue weighted by molar-refractivity contribution is 6.30. The van der Waals surface area contributed by atoms with Gasteiger partial charge in [0.1, 0.15) is 0 Å². The van der Waals surface area contributed by atoms with E-state index < -0.39 is 0 Å². The summed E-state index contributed by atoms with van der Waals surface area (Å²) in [5.41, 5.74) is 6.65. The van der Waals surface area contributed by atoms with Crippen LogP contribution in [0.3, 0.4) is 0 Å². The van der Waals surface area contributed by atoms with Crippen molar-refractivity contribution >= 4 is 17.5 Å². The summed E-state index contributed by atoms with van der Waals surface area (Å²) in [5, 5.41) is 0.804. The van der Waals surface area contributed by atoms with Crippen molar-refractivity contribution in [3.8, 4) is 0 Å². The molecule has 1 amide bonds. The molecule has 1 aliphatic heterocycles. The first-order valence-electron chi connectivity index (χ1n) is 8.30. The molecule has 0 spiro atoms. The van der Waals surface area contributed by atoms with Gasteiger partial charge in [-0.2, -0.15) is 0 Å². The minimum absolute atomic E-state index is 0.0278. The maximum Gasteiger partial charge on any atom is 0.220 e. The lowest BCUT2D eigenvalue weighted by molar-refractivity contribution is -0.121. The molecular weight excluding hydrogens is 296 g/mol. The van der Waals surface area contributed by atoms with Crippen LogP contribution in [-0.4, -0.2) is 23.9 Å². The van der Waals surface area contributed by atoms with Gasteiger partial charge in [-0.1, -0.05) is 37.1 Å². The van der Waals surface area contributed by atoms with Gasteiger partial charge in [-0.15, -0.1) is 0 Å². The van der Waals surface area contributed by atoms with Crippen molar-refractivity contribution in [1.82, 2.24) is 4.90 Å². The molecule has 120 valence electrons. The summed E-state index contributed by atoms with van der Waals surface area (Å²) in [7, 11) is 0. The number of rotatable bonds is 7. The zero-order chi connectivity index (χ0) is 15.7. The normalized spacial score (nSPS) is 28.4. The first-order valence-corrected chi connectivity index (χ1v) is 8.68. The van der Waals surface area contributed by atoms with Crippen LogP contribution in [0, 0.1) is 23.7 Å². The summed E-state index contributed by atoms with van der Waals surface area (Å²) < 4.78 is 0. The third-order valence-electron chi connectivity index (χ3n) is 5.43. The van der Waals surface area contributed by atoms with Crippen LogP contribution in [0.5, 0.6) is 0 Å². The molecule has 1 aromatic rings. The highest BCUT2D eigenvalue weighted by Gasteiger charge is 2.54. The van der Waals surface area contributed by atoms with E-state index in [4.69, 9.17) is 17.3 Å². The van der Waals surface area contributed by atoms with Crippen molar-refractivity contribution in [1.29, 1.82) is 0 Å². The summed E-state index contributed by atoms with van der Waals surface area (Å²) in [6.07, 6.45) is 3.35.